The minimum atomic E-state index is -0.520. The van der Waals surface area contributed by atoms with Crippen molar-refractivity contribution in [3.8, 4) is 11.8 Å². The molecular formula is C23H15BrFN3O4. The Hall–Kier alpha value is -4.03. The van der Waals surface area contributed by atoms with E-state index in [2.05, 4.69) is 21.2 Å². The zero-order valence-electron chi connectivity index (χ0n) is 16.4. The van der Waals surface area contributed by atoms with Gasteiger partial charge in [0.25, 0.3) is 11.6 Å². The first-order chi connectivity index (χ1) is 15.4. The average molecular weight is 496 g/mol. The Kier molecular flexibility index (Phi) is 7.31. The van der Waals surface area contributed by atoms with Crippen molar-refractivity contribution in [2.75, 3.05) is 11.9 Å². The van der Waals surface area contributed by atoms with Gasteiger partial charge in [0.05, 0.1) is 21.0 Å². The van der Waals surface area contributed by atoms with Gasteiger partial charge >= 0.3 is 0 Å². The third-order valence-corrected chi connectivity index (χ3v) is 4.86. The Labute approximate surface area is 191 Å². The number of nitro groups is 1. The summed E-state index contributed by atoms with van der Waals surface area (Å²) in [5, 5.41) is 23.1. The molecule has 32 heavy (non-hydrogen) atoms. The minimum absolute atomic E-state index is 0.104. The van der Waals surface area contributed by atoms with Crippen LogP contribution >= 0.6 is 15.9 Å². The van der Waals surface area contributed by atoms with Gasteiger partial charge in [-0.2, -0.15) is 5.26 Å². The van der Waals surface area contributed by atoms with E-state index in [1.54, 1.807) is 30.3 Å². The summed E-state index contributed by atoms with van der Waals surface area (Å²) in [6.45, 7) is -0.262. The quantitative estimate of drug-likeness (QED) is 0.199. The van der Waals surface area contributed by atoms with E-state index in [-0.39, 0.29) is 17.9 Å². The van der Waals surface area contributed by atoms with Gasteiger partial charge in [-0.3, -0.25) is 14.9 Å². The molecule has 0 unspecified atom stereocenters. The minimum Gasteiger partial charge on any atom is -0.483 e. The van der Waals surface area contributed by atoms with E-state index < -0.39 is 16.6 Å². The lowest BCUT2D eigenvalue weighted by Crippen LogP contribution is -2.20. The highest BCUT2D eigenvalue weighted by molar-refractivity contribution is 9.10. The standard InChI is InChI=1S/C23H15BrFN3O4/c24-21-11-15(10-17(13-26)16-2-1-3-20(12-16)28(30)31)4-9-22(21)32-14-23(29)27-19-7-5-18(25)6-8-19/h1-12H,14H2,(H,27,29). The van der Waals surface area contributed by atoms with Crippen molar-refractivity contribution in [2.24, 2.45) is 0 Å². The molecule has 3 rings (SSSR count). The third kappa shape index (κ3) is 6.00. The molecule has 0 heterocycles. The first kappa shape index (κ1) is 22.7. The van der Waals surface area contributed by atoms with E-state index in [1.165, 1.54) is 42.5 Å². The van der Waals surface area contributed by atoms with E-state index >= 15 is 0 Å². The van der Waals surface area contributed by atoms with E-state index in [0.717, 1.165) is 0 Å². The van der Waals surface area contributed by atoms with Crippen LogP contribution in [0, 0.1) is 27.3 Å². The molecule has 0 bridgehead atoms. The molecule has 1 N–H and O–H groups in total. The highest BCUT2D eigenvalue weighted by Crippen LogP contribution is 2.28. The maximum absolute atomic E-state index is 12.9. The van der Waals surface area contributed by atoms with E-state index in [9.17, 15) is 24.6 Å². The number of hydrogen-bond acceptors (Lipinski definition) is 5. The molecule has 0 spiro atoms. The normalized spacial score (nSPS) is 10.8. The lowest BCUT2D eigenvalue weighted by molar-refractivity contribution is -0.384. The predicted octanol–water partition coefficient (Wildman–Crippen LogP) is 5.58. The smallest absolute Gasteiger partial charge is 0.270 e. The summed E-state index contributed by atoms with van der Waals surface area (Å²) in [7, 11) is 0. The third-order valence-electron chi connectivity index (χ3n) is 4.24. The molecule has 0 fully saturated rings. The molecule has 1 amide bonds. The second-order valence-corrected chi connectivity index (χ2v) is 7.37. The van der Waals surface area contributed by atoms with Crippen LogP contribution in [0.4, 0.5) is 15.8 Å². The van der Waals surface area contributed by atoms with Gasteiger partial charge in [-0.1, -0.05) is 18.2 Å². The molecule has 3 aromatic rings. The van der Waals surface area contributed by atoms with Gasteiger partial charge in [-0.25, -0.2) is 4.39 Å². The Morgan fingerprint density at radius 2 is 1.94 bits per heavy atom. The van der Waals surface area contributed by atoms with Crippen molar-refractivity contribution >= 4 is 44.9 Å². The molecule has 7 nitrogen and oxygen atoms in total. The van der Waals surface area contributed by atoms with E-state index in [1.807, 2.05) is 6.07 Å². The number of nitriles is 1. The molecule has 0 radical (unpaired) electrons. The summed E-state index contributed by atoms with van der Waals surface area (Å²) < 4.78 is 19.0. The summed E-state index contributed by atoms with van der Waals surface area (Å²) in [4.78, 5) is 22.5. The molecule has 9 heteroatoms. The monoisotopic (exact) mass is 495 g/mol. The van der Waals surface area contributed by atoms with Gasteiger partial charge in [0.15, 0.2) is 6.61 Å². The Balaban J connectivity index is 1.69. The van der Waals surface area contributed by atoms with Crippen LogP contribution in [0.15, 0.2) is 71.2 Å². The highest BCUT2D eigenvalue weighted by atomic mass is 79.9. The number of ether oxygens (including phenoxy) is 1. The van der Waals surface area contributed by atoms with Crippen LogP contribution in [0.3, 0.4) is 0 Å². The summed E-state index contributed by atoms with van der Waals surface area (Å²) in [5.41, 5.74) is 1.68. The van der Waals surface area contributed by atoms with Crippen molar-refractivity contribution < 1.29 is 18.8 Å². The second kappa shape index (κ2) is 10.3. The first-order valence-corrected chi connectivity index (χ1v) is 9.99. The van der Waals surface area contributed by atoms with Crippen molar-refractivity contribution in [3.63, 3.8) is 0 Å². The van der Waals surface area contributed by atoms with E-state index in [4.69, 9.17) is 4.74 Å². The molecule has 0 saturated carbocycles. The summed E-state index contributed by atoms with van der Waals surface area (Å²) in [5.74, 6) is -0.405. The number of rotatable bonds is 7. The number of benzene rings is 3. The molecule has 0 aliphatic rings. The van der Waals surface area contributed by atoms with Crippen LogP contribution < -0.4 is 10.1 Å². The lowest BCUT2D eigenvalue weighted by Gasteiger charge is -2.10. The summed E-state index contributed by atoms with van der Waals surface area (Å²) >= 11 is 3.37. The number of non-ortho nitro benzene ring substituents is 1. The SMILES string of the molecule is N#CC(=Cc1ccc(OCC(=O)Nc2ccc(F)cc2)c(Br)c1)c1cccc([N+](=O)[O-])c1. The van der Waals surface area contributed by atoms with Crippen molar-refractivity contribution in [1.82, 2.24) is 0 Å². The van der Waals surface area contributed by atoms with Crippen LogP contribution in [0.5, 0.6) is 5.75 Å². The first-order valence-electron chi connectivity index (χ1n) is 9.20. The number of nitrogens with one attached hydrogen (secondary N) is 1. The van der Waals surface area contributed by atoms with Crippen LogP contribution in [0.2, 0.25) is 0 Å². The number of carbonyl (C=O) groups is 1. The lowest BCUT2D eigenvalue weighted by atomic mass is 10.0. The molecule has 0 saturated heterocycles. The maximum Gasteiger partial charge on any atom is 0.270 e. The fraction of sp³-hybridized carbons (Fsp3) is 0.0435. The zero-order valence-corrected chi connectivity index (χ0v) is 18.0. The fourth-order valence-corrected chi connectivity index (χ4v) is 3.24. The maximum atomic E-state index is 12.9. The molecule has 0 aliphatic carbocycles. The van der Waals surface area contributed by atoms with Gasteiger partial charge in [-0.05, 0) is 69.5 Å². The van der Waals surface area contributed by atoms with Crippen LogP contribution in [0.1, 0.15) is 11.1 Å². The average Bonchev–Trinajstić information content (AvgIpc) is 2.78. The number of carbonyl (C=O) groups excluding carboxylic acids is 1. The van der Waals surface area contributed by atoms with Gasteiger partial charge in [0.2, 0.25) is 0 Å². The zero-order chi connectivity index (χ0) is 23.1. The van der Waals surface area contributed by atoms with Gasteiger partial charge < -0.3 is 10.1 Å². The topological polar surface area (TPSA) is 105 Å². The number of nitro benzene ring substituents is 1. The number of hydrogen-bond donors (Lipinski definition) is 1. The Morgan fingerprint density at radius 3 is 2.59 bits per heavy atom. The summed E-state index contributed by atoms with van der Waals surface area (Å²) in [6.07, 6.45) is 1.59. The predicted molar refractivity (Wildman–Crippen MR) is 121 cm³/mol. The number of halogens is 2. The molecule has 3 aromatic carbocycles. The highest BCUT2D eigenvalue weighted by Gasteiger charge is 2.10. The largest absolute Gasteiger partial charge is 0.483 e. The Morgan fingerprint density at radius 1 is 1.19 bits per heavy atom. The van der Waals surface area contributed by atoms with Gasteiger partial charge in [-0.15, -0.1) is 0 Å². The molecule has 0 atom stereocenters. The van der Waals surface area contributed by atoms with Crippen LogP contribution in [0.25, 0.3) is 11.6 Å². The van der Waals surface area contributed by atoms with Crippen LogP contribution in [-0.4, -0.2) is 17.4 Å². The van der Waals surface area contributed by atoms with Crippen molar-refractivity contribution in [2.45, 2.75) is 0 Å². The van der Waals surface area contributed by atoms with Gasteiger partial charge in [0.1, 0.15) is 11.6 Å². The fourth-order valence-electron chi connectivity index (χ4n) is 2.73. The molecule has 0 aromatic heterocycles. The second-order valence-electron chi connectivity index (χ2n) is 6.51. The number of allylic oxidation sites excluding steroid dienone is 1. The number of nitrogens with zero attached hydrogens (tertiary/aromatic N) is 2. The van der Waals surface area contributed by atoms with Gasteiger partial charge in [0, 0.05) is 17.8 Å². The molecular weight excluding hydrogens is 481 g/mol. The van der Waals surface area contributed by atoms with Crippen molar-refractivity contribution in [1.29, 1.82) is 5.26 Å². The molecule has 0 aliphatic heterocycles. The number of amides is 1. The molecule has 160 valence electrons. The van der Waals surface area contributed by atoms with Crippen LogP contribution in [-0.2, 0) is 4.79 Å². The van der Waals surface area contributed by atoms with E-state index in [0.29, 0.717) is 27.0 Å². The Bertz CT molecular complexity index is 1240. The summed E-state index contributed by atoms with van der Waals surface area (Å²) in [6, 6.07) is 18.2. The van der Waals surface area contributed by atoms with Crippen molar-refractivity contribution in [3.05, 3.63) is 98.3 Å². The number of anilines is 1.